The number of carboxylic acid groups (broad SMARTS) is 2. The predicted octanol–water partition coefficient (Wildman–Crippen LogP) is 2.05. The van der Waals surface area contributed by atoms with Crippen molar-refractivity contribution in [3.8, 4) is 0 Å². The highest BCUT2D eigenvalue weighted by molar-refractivity contribution is 6.00. The van der Waals surface area contributed by atoms with E-state index in [9.17, 15) is 9.59 Å². The summed E-state index contributed by atoms with van der Waals surface area (Å²) in [4.78, 5) is 22.1. The third-order valence-corrected chi connectivity index (χ3v) is 2.86. The Morgan fingerprint density at radius 2 is 1.60 bits per heavy atom. The fraction of sp³-hybridized carbons (Fsp3) is 0.636. The number of carboxylic acids is 2. The molecule has 0 atom stereocenters. The summed E-state index contributed by atoms with van der Waals surface area (Å²) in [5.74, 6) is -2.51. The molecule has 0 aromatic rings. The van der Waals surface area contributed by atoms with Gasteiger partial charge in [-0.25, -0.2) is 0 Å². The predicted molar refractivity (Wildman–Crippen MR) is 54.5 cm³/mol. The maximum atomic E-state index is 11.1. The lowest BCUT2D eigenvalue weighted by Gasteiger charge is -2.20. The standard InChI is InChI=1S/C11H16O4/c12-9(13)11(10(14)15)7-5-3-1-2-4-6-8-11/h5,7H,1-4,6,8H2,(H,12,13)(H,14,15)/b7-5-. The van der Waals surface area contributed by atoms with Gasteiger partial charge >= 0.3 is 11.9 Å². The van der Waals surface area contributed by atoms with Gasteiger partial charge in [0.15, 0.2) is 5.41 Å². The largest absolute Gasteiger partial charge is 0.480 e. The summed E-state index contributed by atoms with van der Waals surface area (Å²) in [7, 11) is 0. The summed E-state index contributed by atoms with van der Waals surface area (Å²) in [5.41, 5.74) is -1.70. The van der Waals surface area contributed by atoms with Gasteiger partial charge in [0.2, 0.25) is 0 Å². The molecule has 4 nitrogen and oxygen atoms in total. The molecule has 0 aliphatic heterocycles. The summed E-state index contributed by atoms with van der Waals surface area (Å²) in [6, 6.07) is 0. The lowest BCUT2D eigenvalue weighted by atomic mass is 9.82. The van der Waals surface area contributed by atoms with Crippen LogP contribution in [0.15, 0.2) is 12.2 Å². The van der Waals surface area contributed by atoms with Crippen LogP contribution in [0, 0.1) is 5.41 Å². The maximum absolute atomic E-state index is 11.1. The van der Waals surface area contributed by atoms with Crippen molar-refractivity contribution < 1.29 is 19.8 Å². The fourth-order valence-electron chi connectivity index (χ4n) is 1.84. The molecular formula is C11H16O4. The first-order chi connectivity index (χ1) is 7.09. The molecule has 15 heavy (non-hydrogen) atoms. The van der Waals surface area contributed by atoms with E-state index in [0.717, 1.165) is 25.7 Å². The van der Waals surface area contributed by atoms with Gasteiger partial charge in [-0.1, -0.05) is 31.4 Å². The molecule has 1 rings (SSSR count). The van der Waals surface area contributed by atoms with Crippen LogP contribution in [0.1, 0.15) is 38.5 Å². The zero-order valence-corrected chi connectivity index (χ0v) is 8.61. The smallest absolute Gasteiger partial charge is 0.324 e. The van der Waals surface area contributed by atoms with Gasteiger partial charge in [0, 0.05) is 0 Å². The molecule has 0 unspecified atom stereocenters. The molecule has 0 spiro atoms. The second-order valence-corrected chi connectivity index (χ2v) is 3.94. The van der Waals surface area contributed by atoms with Gasteiger partial charge in [0.1, 0.15) is 0 Å². The van der Waals surface area contributed by atoms with Crippen molar-refractivity contribution in [3.05, 3.63) is 12.2 Å². The second-order valence-electron chi connectivity index (χ2n) is 3.94. The summed E-state index contributed by atoms with van der Waals surface area (Å²) >= 11 is 0. The van der Waals surface area contributed by atoms with Gasteiger partial charge in [-0.05, 0) is 19.3 Å². The summed E-state index contributed by atoms with van der Waals surface area (Å²) < 4.78 is 0. The second kappa shape index (κ2) is 4.96. The summed E-state index contributed by atoms with van der Waals surface area (Å²) in [5, 5.41) is 18.1. The maximum Gasteiger partial charge on any atom is 0.324 e. The van der Waals surface area contributed by atoms with E-state index in [0.29, 0.717) is 6.42 Å². The van der Waals surface area contributed by atoms with Crippen molar-refractivity contribution in [3.63, 3.8) is 0 Å². The number of carbonyl (C=O) groups is 2. The Hall–Kier alpha value is -1.32. The van der Waals surface area contributed by atoms with Crippen molar-refractivity contribution in [1.29, 1.82) is 0 Å². The lowest BCUT2D eigenvalue weighted by Crippen LogP contribution is -2.37. The van der Waals surface area contributed by atoms with E-state index in [1.54, 1.807) is 6.08 Å². The van der Waals surface area contributed by atoms with Gasteiger partial charge in [0.05, 0.1) is 0 Å². The molecule has 4 heteroatoms. The highest BCUT2D eigenvalue weighted by Gasteiger charge is 2.43. The van der Waals surface area contributed by atoms with Crippen LogP contribution >= 0.6 is 0 Å². The Labute approximate surface area is 88.6 Å². The molecule has 0 radical (unpaired) electrons. The minimum Gasteiger partial charge on any atom is -0.480 e. The molecule has 0 aromatic heterocycles. The van der Waals surface area contributed by atoms with Crippen LogP contribution in [0.3, 0.4) is 0 Å². The minimum atomic E-state index is -1.70. The van der Waals surface area contributed by atoms with Crippen LogP contribution in [0.4, 0.5) is 0 Å². The van der Waals surface area contributed by atoms with Crippen molar-refractivity contribution >= 4 is 11.9 Å². The van der Waals surface area contributed by atoms with E-state index in [1.165, 1.54) is 6.08 Å². The molecule has 0 amide bonds. The van der Waals surface area contributed by atoms with Crippen LogP contribution in [0.5, 0.6) is 0 Å². The average Bonchev–Trinajstić information content (AvgIpc) is 2.28. The Kier molecular flexibility index (Phi) is 3.88. The molecule has 1 aliphatic carbocycles. The molecule has 2 N–H and O–H groups in total. The number of allylic oxidation sites excluding steroid dienone is 1. The molecule has 0 bridgehead atoms. The first-order valence-corrected chi connectivity index (χ1v) is 5.24. The molecular weight excluding hydrogens is 196 g/mol. The number of aliphatic carboxylic acids is 2. The van der Waals surface area contributed by atoms with Crippen LogP contribution in [0.2, 0.25) is 0 Å². The highest BCUT2D eigenvalue weighted by atomic mass is 16.4. The molecule has 0 saturated heterocycles. The third-order valence-electron chi connectivity index (χ3n) is 2.86. The first kappa shape index (κ1) is 11.8. The third kappa shape index (κ3) is 2.58. The summed E-state index contributed by atoms with van der Waals surface area (Å²) in [6.07, 6.45) is 7.60. The van der Waals surface area contributed by atoms with Crippen LogP contribution in [0.25, 0.3) is 0 Å². The van der Waals surface area contributed by atoms with E-state index in [-0.39, 0.29) is 6.42 Å². The van der Waals surface area contributed by atoms with Gasteiger partial charge in [-0.15, -0.1) is 0 Å². The fourth-order valence-corrected chi connectivity index (χ4v) is 1.84. The molecule has 0 heterocycles. The number of hydrogen-bond acceptors (Lipinski definition) is 2. The van der Waals surface area contributed by atoms with Gasteiger partial charge in [-0.2, -0.15) is 0 Å². The Balaban J connectivity index is 2.95. The Bertz CT molecular complexity index is 266. The molecule has 1 aliphatic rings. The zero-order chi connectivity index (χ0) is 11.3. The van der Waals surface area contributed by atoms with Crippen LogP contribution < -0.4 is 0 Å². The van der Waals surface area contributed by atoms with E-state index in [4.69, 9.17) is 10.2 Å². The molecule has 84 valence electrons. The average molecular weight is 212 g/mol. The van der Waals surface area contributed by atoms with Gasteiger partial charge in [0.25, 0.3) is 0 Å². The van der Waals surface area contributed by atoms with Crippen LogP contribution in [-0.2, 0) is 9.59 Å². The Morgan fingerprint density at radius 1 is 1.00 bits per heavy atom. The van der Waals surface area contributed by atoms with Crippen molar-refractivity contribution in [2.75, 3.05) is 0 Å². The van der Waals surface area contributed by atoms with E-state index < -0.39 is 17.4 Å². The summed E-state index contributed by atoms with van der Waals surface area (Å²) in [6.45, 7) is 0. The SMILES string of the molecule is O=C(O)C1(C(=O)O)/C=C\CCCCCC1. The van der Waals surface area contributed by atoms with Crippen molar-refractivity contribution in [1.82, 2.24) is 0 Å². The van der Waals surface area contributed by atoms with E-state index >= 15 is 0 Å². The first-order valence-electron chi connectivity index (χ1n) is 5.24. The minimum absolute atomic E-state index is 0.189. The zero-order valence-electron chi connectivity index (χ0n) is 8.61. The van der Waals surface area contributed by atoms with E-state index in [2.05, 4.69) is 0 Å². The quantitative estimate of drug-likeness (QED) is 0.542. The molecule has 0 aromatic carbocycles. The molecule has 0 saturated carbocycles. The molecule has 0 fully saturated rings. The normalized spacial score (nSPS) is 23.2. The van der Waals surface area contributed by atoms with Crippen molar-refractivity contribution in [2.45, 2.75) is 38.5 Å². The highest BCUT2D eigenvalue weighted by Crippen LogP contribution is 2.30. The monoisotopic (exact) mass is 212 g/mol. The van der Waals surface area contributed by atoms with Gasteiger partial charge < -0.3 is 10.2 Å². The topological polar surface area (TPSA) is 74.6 Å². The van der Waals surface area contributed by atoms with Gasteiger partial charge in [-0.3, -0.25) is 9.59 Å². The van der Waals surface area contributed by atoms with Crippen LogP contribution in [-0.4, -0.2) is 22.2 Å². The number of rotatable bonds is 2. The number of hydrogen-bond donors (Lipinski definition) is 2. The van der Waals surface area contributed by atoms with E-state index in [1.807, 2.05) is 0 Å². The van der Waals surface area contributed by atoms with Crippen molar-refractivity contribution in [2.24, 2.45) is 5.41 Å². The lowest BCUT2D eigenvalue weighted by molar-refractivity contribution is -0.161. The Morgan fingerprint density at radius 3 is 2.20 bits per heavy atom.